The monoisotopic (exact) mass is 237 g/mol. The van der Waals surface area contributed by atoms with Gasteiger partial charge >= 0.3 is 0 Å². The van der Waals surface area contributed by atoms with E-state index in [1.165, 1.54) is 0 Å². The number of hydrogen-bond donors (Lipinski definition) is 0. The summed E-state index contributed by atoms with van der Waals surface area (Å²) in [5, 5.41) is 7.63. The normalized spacial score (nSPS) is 17.4. The average molecular weight is 237 g/mol. The van der Waals surface area contributed by atoms with Gasteiger partial charge in [0, 0.05) is 11.6 Å². The van der Waals surface area contributed by atoms with Crippen molar-refractivity contribution in [2.75, 3.05) is 11.7 Å². The van der Waals surface area contributed by atoms with Crippen molar-refractivity contribution in [3.8, 4) is 0 Å². The van der Waals surface area contributed by atoms with Gasteiger partial charge in [-0.05, 0) is 24.3 Å². The Morgan fingerprint density at radius 3 is 3.06 bits per heavy atom. The Morgan fingerprint density at radius 1 is 1.17 bits per heavy atom. The number of anilines is 1. The quantitative estimate of drug-likeness (QED) is 0.764. The lowest BCUT2D eigenvalue weighted by Gasteiger charge is -2.16. The standard InChI is InChI=1S/C14H11N3O/c1-2-6-13-11(5-1)12(9-18-13)17-10-16-8-4-3-7-14(16)15-17/h1-9H,10H2. The molecule has 0 amide bonds. The van der Waals surface area contributed by atoms with E-state index < -0.39 is 0 Å². The van der Waals surface area contributed by atoms with Crippen LogP contribution < -0.4 is 5.01 Å². The van der Waals surface area contributed by atoms with Gasteiger partial charge in [-0.3, -0.25) is 0 Å². The zero-order chi connectivity index (χ0) is 11.9. The number of para-hydroxylation sites is 1. The van der Waals surface area contributed by atoms with Crippen molar-refractivity contribution in [2.45, 2.75) is 0 Å². The summed E-state index contributed by atoms with van der Waals surface area (Å²) in [5.41, 5.74) is 1.90. The number of hydrazone groups is 1. The van der Waals surface area contributed by atoms with Crippen molar-refractivity contribution >= 4 is 22.5 Å². The Bertz CT molecular complexity index is 696. The molecule has 0 saturated carbocycles. The maximum Gasteiger partial charge on any atom is 0.154 e. The lowest BCUT2D eigenvalue weighted by atomic mass is 10.2. The number of amidine groups is 1. The largest absolute Gasteiger partial charge is 0.462 e. The van der Waals surface area contributed by atoms with E-state index in [-0.39, 0.29) is 0 Å². The molecule has 0 atom stereocenters. The number of benzene rings is 1. The van der Waals surface area contributed by atoms with Crippen LogP contribution in [0.1, 0.15) is 0 Å². The van der Waals surface area contributed by atoms with Gasteiger partial charge in [-0.1, -0.05) is 18.2 Å². The third-order valence-corrected chi connectivity index (χ3v) is 3.16. The molecular formula is C14H11N3O. The second-order valence-electron chi connectivity index (χ2n) is 4.29. The average Bonchev–Trinajstić information content (AvgIpc) is 3.02. The second-order valence-corrected chi connectivity index (χ2v) is 4.29. The number of fused-ring (bicyclic) bond motifs is 2. The maximum absolute atomic E-state index is 5.55. The highest BCUT2D eigenvalue weighted by Gasteiger charge is 2.23. The van der Waals surface area contributed by atoms with Gasteiger partial charge in [0.15, 0.2) is 5.84 Å². The fourth-order valence-electron chi connectivity index (χ4n) is 2.27. The van der Waals surface area contributed by atoms with Crippen LogP contribution >= 0.6 is 0 Å². The number of rotatable bonds is 1. The van der Waals surface area contributed by atoms with E-state index in [1.807, 2.05) is 47.6 Å². The predicted octanol–water partition coefficient (Wildman–Crippen LogP) is 2.91. The van der Waals surface area contributed by atoms with Crippen LogP contribution in [0.3, 0.4) is 0 Å². The third kappa shape index (κ3) is 1.29. The summed E-state index contributed by atoms with van der Waals surface area (Å²) in [6.45, 7) is 0.722. The van der Waals surface area contributed by atoms with E-state index in [9.17, 15) is 0 Å². The maximum atomic E-state index is 5.55. The molecule has 4 rings (SSSR count). The van der Waals surface area contributed by atoms with E-state index in [0.717, 1.165) is 29.2 Å². The molecule has 88 valence electrons. The first-order valence-corrected chi connectivity index (χ1v) is 5.86. The predicted molar refractivity (Wildman–Crippen MR) is 71.1 cm³/mol. The molecule has 0 spiro atoms. The highest BCUT2D eigenvalue weighted by atomic mass is 16.3. The van der Waals surface area contributed by atoms with Crippen LogP contribution in [0.5, 0.6) is 0 Å². The second kappa shape index (κ2) is 3.50. The van der Waals surface area contributed by atoms with Crippen LogP contribution in [0.25, 0.3) is 11.0 Å². The van der Waals surface area contributed by atoms with Gasteiger partial charge in [0.1, 0.15) is 24.2 Å². The van der Waals surface area contributed by atoms with E-state index in [1.54, 1.807) is 6.26 Å². The molecule has 0 bridgehead atoms. The van der Waals surface area contributed by atoms with Gasteiger partial charge in [-0.2, -0.15) is 5.10 Å². The summed E-state index contributed by atoms with van der Waals surface area (Å²) in [4.78, 5) is 2.10. The third-order valence-electron chi connectivity index (χ3n) is 3.16. The van der Waals surface area contributed by atoms with Crippen LogP contribution in [-0.2, 0) is 0 Å². The topological polar surface area (TPSA) is 32.0 Å². The zero-order valence-electron chi connectivity index (χ0n) is 9.65. The summed E-state index contributed by atoms with van der Waals surface area (Å²) in [7, 11) is 0. The molecule has 3 heterocycles. The minimum Gasteiger partial charge on any atom is -0.462 e. The van der Waals surface area contributed by atoms with Gasteiger partial charge in [-0.15, -0.1) is 0 Å². The van der Waals surface area contributed by atoms with Crippen LogP contribution in [0, 0.1) is 0 Å². The Labute approximate surface area is 104 Å². The molecule has 18 heavy (non-hydrogen) atoms. The van der Waals surface area contributed by atoms with E-state index in [4.69, 9.17) is 4.42 Å². The van der Waals surface area contributed by atoms with Crippen molar-refractivity contribution in [3.63, 3.8) is 0 Å². The molecule has 0 radical (unpaired) electrons. The van der Waals surface area contributed by atoms with Crippen LogP contribution in [-0.4, -0.2) is 17.4 Å². The van der Waals surface area contributed by atoms with Crippen molar-refractivity contribution in [3.05, 3.63) is 55.0 Å². The lowest BCUT2D eigenvalue weighted by Crippen LogP contribution is -2.25. The minimum absolute atomic E-state index is 0.722. The molecular weight excluding hydrogens is 226 g/mol. The highest BCUT2D eigenvalue weighted by Crippen LogP contribution is 2.31. The van der Waals surface area contributed by atoms with Gasteiger partial charge in [0.2, 0.25) is 0 Å². The molecule has 4 heteroatoms. The van der Waals surface area contributed by atoms with Crippen LogP contribution in [0.4, 0.5) is 5.69 Å². The molecule has 2 aromatic rings. The Morgan fingerprint density at radius 2 is 2.11 bits per heavy atom. The van der Waals surface area contributed by atoms with E-state index >= 15 is 0 Å². The lowest BCUT2D eigenvalue weighted by molar-refractivity contribution is 0.581. The van der Waals surface area contributed by atoms with Gasteiger partial charge in [0.25, 0.3) is 0 Å². The van der Waals surface area contributed by atoms with Crippen LogP contribution in [0.2, 0.25) is 0 Å². The molecule has 4 nitrogen and oxygen atoms in total. The molecule has 0 saturated heterocycles. The molecule has 0 aliphatic carbocycles. The summed E-state index contributed by atoms with van der Waals surface area (Å²) in [6.07, 6.45) is 9.80. The summed E-state index contributed by atoms with van der Waals surface area (Å²) >= 11 is 0. The Balaban J connectivity index is 1.79. The number of hydrogen-bond acceptors (Lipinski definition) is 4. The van der Waals surface area contributed by atoms with Crippen molar-refractivity contribution in [1.82, 2.24) is 4.90 Å². The Hall–Kier alpha value is -2.49. The summed E-state index contributed by atoms with van der Waals surface area (Å²) in [6, 6.07) is 8.00. The SMILES string of the molecule is C1=CC2=NN(c3coc4ccccc34)CN2C=C1. The minimum atomic E-state index is 0.722. The van der Waals surface area contributed by atoms with Crippen LogP contribution in [0.15, 0.2) is 64.5 Å². The first-order valence-electron chi connectivity index (χ1n) is 5.86. The van der Waals surface area contributed by atoms with Crippen molar-refractivity contribution in [1.29, 1.82) is 0 Å². The van der Waals surface area contributed by atoms with Crippen molar-refractivity contribution in [2.24, 2.45) is 5.10 Å². The molecule has 0 fully saturated rings. The number of allylic oxidation sites excluding steroid dienone is 2. The number of nitrogens with zero attached hydrogens (tertiary/aromatic N) is 3. The van der Waals surface area contributed by atoms with E-state index in [0.29, 0.717) is 0 Å². The molecule has 1 aromatic heterocycles. The molecule has 1 aromatic carbocycles. The smallest absolute Gasteiger partial charge is 0.154 e. The fourth-order valence-corrected chi connectivity index (χ4v) is 2.27. The Kier molecular flexibility index (Phi) is 1.85. The molecule has 0 N–H and O–H groups in total. The van der Waals surface area contributed by atoms with Gasteiger partial charge in [0.05, 0.1) is 0 Å². The molecule has 2 aliphatic heterocycles. The first-order chi connectivity index (χ1) is 8.92. The zero-order valence-corrected chi connectivity index (χ0v) is 9.65. The highest BCUT2D eigenvalue weighted by molar-refractivity contribution is 5.99. The van der Waals surface area contributed by atoms with Gasteiger partial charge < -0.3 is 9.32 Å². The fraction of sp³-hybridized carbons (Fsp3) is 0.0714. The first kappa shape index (κ1) is 9.53. The molecule has 0 unspecified atom stereocenters. The summed E-state index contributed by atoms with van der Waals surface area (Å²) in [5.74, 6) is 0.961. The number of furan rings is 1. The van der Waals surface area contributed by atoms with E-state index in [2.05, 4.69) is 16.1 Å². The molecule has 2 aliphatic rings. The van der Waals surface area contributed by atoms with Gasteiger partial charge in [-0.25, -0.2) is 5.01 Å². The van der Waals surface area contributed by atoms with Crippen molar-refractivity contribution < 1.29 is 4.42 Å². The summed E-state index contributed by atoms with van der Waals surface area (Å²) < 4.78 is 5.55.